The van der Waals surface area contributed by atoms with Gasteiger partial charge in [-0.15, -0.1) is 0 Å². The van der Waals surface area contributed by atoms with Crippen molar-refractivity contribution < 1.29 is 13.7 Å². The molecule has 1 aliphatic heterocycles. The Kier molecular flexibility index (Phi) is 3.62. The fraction of sp³-hybridized carbons (Fsp3) is 0.625. The summed E-state index contributed by atoms with van der Waals surface area (Å²) in [7, 11) is 0. The highest BCUT2D eigenvalue weighted by molar-refractivity contribution is 5.92. The second-order valence-electron chi connectivity index (χ2n) is 6.56. The molecule has 1 aliphatic carbocycles. The van der Waals surface area contributed by atoms with Crippen molar-refractivity contribution in [3.8, 4) is 0 Å². The van der Waals surface area contributed by atoms with Crippen LogP contribution in [0.5, 0.6) is 0 Å². The van der Waals surface area contributed by atoms with Crippen molar-refractivity contribution >= 4 is 5.91 Å². The van der Waals surface area contributed by atoms with Gasteiger partial charge in [0.05, 0.1) is 6.54 Å². The average molecular weight is 333 g/mol. The van der Waals surface area contributed by atoms with Gasteiger partial charge in [0.25, 0.3) is 11.8 Å². The van der Waals surface area contributed by atoms with Crippen molar-refractivity contribution in [2.24, 2.45) is 0 Å². The number of carbonyl (C=O) groups excluding carboxylic acids is 1. The first-order valence-electron chi connectivity index (χ1n) is 8.45. The van der Waals surface area contributed by atoms with Crippen molar-refractivity contribution in [3.63, 3.8) is 0 Å². The molecule has 2 aromatic heterocycles. The monoisotopic (exact) mass is 333 g/mol. The van der Waals surface area contributed by atoms with Gasteiger partial charge in [-0.1, -0.05) is 5.16 Å². The molecule has 1 saturated carbocycles. The van der Waals surface area contributed by atoms with Crippen LogP contribution in [0.2, 0.25) is 0 Å². The summed E-state index contributed by atoms with van der Waals surface area (Å²) in [6, 6.07) is 1.66. The van der Waals surface area contributed by atoms with Crippen LogP contribution in [0.15, 0.2) is 16.8 Å². The summed E-state index contributed by atoms with van der Waals surface area (Å²) >= 11 is 0. The predicted molar refractivity (Wildman–Crippen MR) is 82.1 cm³/mol. The fourth-order valence-electron chi connectivity index (χ4n) is 3.21. The number of carbonyl (C=O) groups is 1. The van der Waals surface area contributed by atoms with Gasteiger partial charge in [0.1, 0.15) is 5.69 Å². The third-order valence-corrected chi connectivity index (χ3v) is 4.73. The molecule has 128 valence electrons. The van der Waals surface area contributed by atoms with E-state index in [4.69, 9.17) is 4.52 Å². The molecule has 0 N–H and O–H groups in total. The lowest BCUT2D eigenvalue weighted by atomic mass is 9.94. The number of hydrogen-bond acceptors (Lipinski definition) is 5. The third-order valence-electron chi connectivity index (χ3n) is 4.73. The Bertz CT molecular complexity index is 753. The maximum atomic E-state index is 15.4. The molecule has 0 bridgehead atoms. The number of likely N-dealkylation sites (tertiary alicyclic amines) is 1. The molecule has 24 heavy (non-hydrogen) atoms. The van der Waals surface area contributed by atoms with E-state index in [0.717, 1.165) is 12.8 Å². The van der Waals surface area contributed by atoms with E-state index in [1.165, 1.54) is 4.90 Å². The Balaban J connectivity index is 1.54. The number of amides is 1. The van der Waals surface area contributed by atoms with Gasteiger partial charge < -0.3 is 9.42 Å². The Morgan fingerprint density at radius 2 is 2.33 bits per heavy atom. The van der Waals surface area contributed by atoms with Crippen molar-refractivity contribution in [3.05, 3.63) is 29.7 Å². The maximum absolute atomic E-state index is 15.4. The zero-order valence-electron chi connectivity index (χ0n) is 13.6. The van der Waals surface area contributed by atoms with Crippen molar-refractivity contribution in [2.75, 3.05) is 13.1 Å². The van der Waals surface area contributed by atoms with Gasteiger partial charge in [-0.25, -0.2) is 4.39 Å². The average Bonchev–Trinajstić information content (AvgIpc) is 3.13. The van der Waals surface area contributed by atoms with Crippen LogP contribution >= 0.6 is 0 Å². The molecule has 1 saturated heterocycles. The molecule has 8 heteroatoms. The van der Waals surface area contributed by atoms with Crippen LogP contribution in [0.4, 0.5) is 4.39 Å². The smallest absolute Gasteiger partial charge is 0.272 e. The van der Waals surface area contributed by atoms with E-state index in [2.05, 4.69) is 15.2 Å². The topological polar surface area (TPSA) is 77.1 Å². The second kappa shape index (κ2) is 5.68. The van der Waals surface area contributed by atoms with Gasteiger partial charge in [0, 0.05) is 25.2 Å². The first kappa shape index (κ1) is 15.3. The Morgan fingerprint density at radius 1 is 1.50 bits per heavy atom. The van der Waals surface area contributed by atoms with Gasteiger partial charge in [0.2, 0.25) is 5.67 Å². The third kappa shape index (κ3) is 2.59. The summed E-state index contributed by atoms with van der Waals surface area (Å²) in [5.74, 6) is 0.699. The highest BCUT2D eigenvalue weighted by atomic mass is 19.1. The fourth-order valence-corrected chi connectivity index (χ4v) is 3.21. The quantitative estimate of drug-likeness (QED) is 0.858. The number of hydrogen-bond donors (Lipinski definition) is 0. The standard InChI is InChI=1S/C16H20FN5O2/c1-2-22-12(6-8-18-22)14(23)21-9-3-7-16(17,10-21)15-19-13(20-24-15)11-4-5-11/h6,8,11H,2-5,7,9-10H2,1H3. The van der Waals surface area contributed by atoms with E-state index in [-0.39, 0.29) is 24.8 Å². The molecule has 4 rings (SSSR count). The van der Waals surface area contributed by atoms with E-state index in [0.29, 0.717) is 36.9 Å². The van der Waals surface area contributed by atoms with Crippen LogP contribution in [-0.4, -0.2) is 43.8 Å². The number of rotatable bonds is 4. The van der Waals surface area contributed by atoms with Crippen LogP contribution < -0.4 is 0 Å². The summed E-state index contributed by atoms with van der Waals surface area (Å²) in [5, 5.41) is 8.01. The predicted octanol–water partition coefficient (Wildman–Crippen LogP) is 2.26. The highest BCUT2D eigenvalue weighted by Gasteiger charge is 2.45. The number of alkyl halides is 1. The molecular weight excluding hydrogens is 313 g/mol. The van der Waals surface area contributed by atoms with Crippen LogP contribution in [0.3, 0.4) is 0 Å². The molecule has 2 aliphatic rings. The largest absolute Gasteiger partial charge is 0.336 e. The summed E-state index contributed by atoms with van der Waals surface area (Å²) < 4.78 is 22.2. The first-order chi connectivity index (χ1) is 11.6. The Hall–Kier alpha value is -2.25. The molecule has 7 nitrogen and oxygen atoms in total. The summed E-state index contributed by atoms with van der Waals surface area (Å²) in [6.45, 7) is 2.96. The minimum absolute atomic E-state index is 0.00546. The van der Waals surface area contributed by atoms with E-state index < -0.39 is 5.67 Å². The molecular formula is C16H20FN5O2. The highest BCUT2D eigenvalue weighted by Crippen LogP contribution is 2.41. The van der Waals surface area contributed by atoms with Crippen LogP contribution in [0, 0.1) is 0 Å². The SMILES string of the molecule is CCn1nccc1C(=O)N1CCCC(F)(c2nc(C3CC3)no2)C1. The molecule has 0 radical (unpaired) electrons. The van der Waals surface area contributed by atoms with Crippen molar-refractivity contribution in [2.45, 2.75) is 50.7 Å². The molecule has 0 aromatic carbocycles. The molecule has 2 fully saturated rings. The Labute approximate surface area is 138 Å². The number of piperidine rings is 1. The summed E-state index contributed by atoms with van der Waals surface area (Å²) in [4.78, 5) is 18.5. The maximum Gasteiger partial charge on any atom is 0.272 e. The summed E-state index contributed by atoms with van der Waals surface area (Å²) in [5.41, 5.74) is -1.29. The van der Waals surface area contributed by atoms with Crippen LogP contribution in [0.25, 0.3) is 0 Å². The van der Waals surface area contributed by atoms with Crippen LogP contribution in [0.1, 0.15) is 60.7 Å². The molecule has 1 atom stereocenters. The lowest BCUT2D eigenvalue weighted by Crippen LogP contribution is -2.47. The minimum Gasteiger partial charge on any atom is -0.336 e. The normalized spacial score (nSPS) is 24.3. The zero-order chi connectivity index (χ0) is 16.7. The van der Waals surface area contributed by atoms with Crippen molar-refractivity contribution in [1.82, 2.24) is 24.8 Å². The number of nitrogens with zero attached hydrogens (tertiary/aromatic N) is 5. The van der Waals surface area contributed by atoms with E-state index in [9.17, 15) is 4.79 Å². The van der Waals surface area contributed by atoms with E-state index in [1.54, 1.807) is 16.9 Å². The van der Waals surface area contributed by atoms with Crippen LogP contribution in [-0.2, 0) is 12.2 Å². The lowest BCUT2D eigenvalue weighted by Gasteiger charge is -2.35. The molecule has 1 unspecified atom stereocenters. The molecule has 1 amide bonds. The van der Waals surface area contributed by atoms with Gasteiger partial charge in [-0.3, -0.25) is 9.48 Å². The lowest BCUT2D eigenvalue weighted by molar-refractivity contribution is 0.0146. The van der Waals surface area contributed by atoms with Gasteiger partial charge >= 0.3 is 0 Å². The van der Waals surface area contributed by atoms with E-state index in [1.807, 2.05) is 6.92 Å². The number of halogens is 1. The summed E-state index contributed by atoms with van der Waals surface area (Å²) in [6.07, 6.45) is 4.50. The first-order valence-corrected chi connectivity index (χ1v) is 8.45. The second-order valence-corrected chi connectivity index (χ2v) is 6.56. The number of aromatic nitrogens is 4. The molecule has 3 heterocycles. The molecule has 0 spiro atoms. The Morgan fingerprint density at radius 3 is 3.08 bits per heavy atom. The minimum atomic E-state index is -1.77. The van der Waals surface area contributed by atoms with Gasteiger partial charge in [-0.05, 0) is 38.7 Å². The van der Waals surface area contributed by atoms with E-state index >= 15 is 4.39 Å². The zero-order valence-corrected chi connectivity index (χ0v) is 13.6. The van der Waals surface area contributed by atoms with Gasteiger partial charge in [-0.2, -0.15) is 10.1 Å². The van der Waals surface area contributed by atoms with Gasteiger partial charge in [0.15, 0.2) is 5.82 Å². The van der Waals surface area contributed by atoms with Crippen molar-refractivity contribution in [1.29, 1.82) is 0 Å². The molecule has 2 aromatic rings. The number of aryl methyl sites for hydroxylation is 1.